The van der Waals surface area contributed by atoms with Crippen LogP contribution in [0.5, 0.6) is 0 Å². The predicted molar refractivity (Wildman–Crippen MR) is 120 cm³/mol. The Kier molecular flexibility index (Phi) is 6.83. The van der Waals surface area contributed by atoms with Crippen LogP contribution in [-0.2, 0) is 6.42 Å². The van der Waals surface area contributed by atoms with Crippen molar-refractivity contribution in [3.63, 3.8) is 0 Å². The molecule has 0 unspecified atom stereocenters. The molecule has 1 amide bonds. The van der Waals surface area contributed by atoms with Crippen molar-refractivity contribution in [2.45, 2.75) is 19.3 Å². The number of rotatable bonds is 6. The Morgan fingerprint density at radius 1 is 1.12 bits per heavy atom. The van der Waals surface area contributed by atoms with Gasteiger partial charge in [-0.1, -0.05) is 23.2 Å². The van der Waals surface area contributed by atoms with E-state index < -0.39 is 17.5 Å². The van der Waals surface area contributed by atoms with Crippen molar-refractivity contribution in [3.8, 4) is 0 Å². The van der Waals surface area contributed by atoms with Crippen LogP contribution in [0.1, 0.15) is 45.1 Å². The summed E-state index contributed by atoms with van der Waals surface area (Å²) < 4.78 is 14.3. The quantitative estimate of drug-likeness (QED) is 0.365. The highest BCUT2D eigenvalue weighted by Crippen LogP contribution is 2.28. The van der Waals surface area contributed by atoms with Gasteiger partial charge >= 0.3 is 0 Å². The molecule has 7 nitrogen and oxygen atoms in total. The minimum Gasteiger partial charge on any atom is -0.356 e. The van der Waals surface area contributed by atoms with Crippen LogP contribution in [-0.4, -0.2) is 39.7 Å². The molecule has 3 heterocycles. The number of ketones is 1. The summed E-state index contributed by atoms with van der Waals surface area (Å²) in [5, 5.41) is 5.73. The van der Waals surface area contributed by atoms with E-state index in [9.17, 15) is 14.0 Å². The molecule has 0 spiro atoms. The Morgan fingerprint density at radius 3 is 2.53 bits per heavy atom. The molecular weight excluding hydrogens is 456 g/mol. The first kappa shape index (κ1) is 22.4. The second kappa shape index (κ2) is 9.77. The van der Waals surface area contributed by atoms with Gasteiger partial charge in [0.1, 0.15) is 11.5 Å². The van der Waals surface area contributed by atoms with Gasteiger partial charge in [-0.25, -0.2) is 14.4 Å². The lowest BCUT2D eigenvalue weighted by atomic mass is 9.94. The van der Waals surface area contributed by atoms with E-state index in [1.54, 1.807) is 12.4 Å². The molecule has 32 heavy (non-hydrogen) atoms. The molecule has 2 aromatic heterocycles. The third-order valence-corrected chi connectivity index (χ3v) is 5.96. The standard InChI is InChI=1S/C22H20Cl2FN5O2/c23-15-1-2-16(24)20(25)19(15)21(31)13-8-17(27-9-13)22(32)30-14-10-28-18(29-11-14)7-12-3-5-26-6-4-12/h1-2,8-12,26-27H,3-7H2,(H,30,32). The third kappa shape index (κ3) is 4.98. The second-order valence-corrected chi connectivity index (χ2v) is 8.40. The number of H-pyrrole nitrogens is 1. The van der Waals surface area contributed by atoms with Gasteiger partial charge in [0.05, 0.1) is 33.7 Å². The van der Waals surface area contributed by atoms with Gasteiger partial charge in [0.15, 0.2) is 11.6 Å². The first-order valence-corrected chi connectivity index (χ1v) is 10.9. The zero-order valence-electron chi connectivity index (χ0n) is 16.9. The van der Waals surface area contributed by atoms with Crippen molar-refractivity contribution >= 4 is 40.6 Å². The van der Waals surface area contributed by atoms with Crippen molar-refractivity contribution in [3.05, 3.63) is 75.3 Å². The number of benzene rings is 1. The van der Waals surface area contributed by atoms with Gasteiger partial charge in [0, 0.05) is 18.2 Å². The SMILES string of the molecule is O=C(Nc1cnc(CC2CCNCC2)nc1)c1cc(C(=O)c2c(Cl)ccc(Cl)c2F)c[nH]1. The third-order valence-electron chi connectivity index (χ3n) is 5.35. The number of amides is 1. The Balaban J connectivity index is 1.42. The van der Waals surface area contributed by atoms with Gasteiger partial charge < -0.3 is 15.6 Å². The zero-order chi connectivity index (χ0) is 22.7. The number of carbonyl (C=O) groups is 2. The summed E-state index contributed by atoms with van der Waals surface area (Å²) in [5.74, 6) is -0.780. The zero-order valence-corrected chi connectivity index (χ0v) is 18.4. The van der Waals surface area contributed by atoms with Crippen molar-refractivity contribution in [2.24, 2.45) is 5.92 Å². The van der Waals surface area contributed by atoms with E-state index in [-0.39, 0.29) is 26.9 Å². The average molecular weight is 476 g/mol. The molecule has 0 saturated carbocycles. The highest BCUT2D eigenvalue weighted by atomic mass is 35.5. The number of aromatic amines is 1. The van der Waals surface area contributed by atoms with Crippen LogP contribution < -0.4 is 10.6 Å². The monoisotopic (exact) mass is 475 g/mol. The summed E-state index contributed by atoms with van der Waals surface area (Å²) in [7, 11) is 0. The van der Waals surface area contributed by atoms with Crippen LogP contribution in [0.2, 0.25) is 10.0 Å². The normalized spacial score (nSPS) is 14.3. The number of nitrogens with one attached hydrogen (secondary N) is 3. The molecule has 1 fully saturated rings. The fourth-order valence-corrected chi connectivity index (χ4v) is 3.99. The van der Waals surface area contributed by atoms with E-state index in [4.69, 9.17) is 23.2 Å². The van der Waals surface area contributed by atoms with Crippen LogP contribution in [0, 0.1) is 11.7 Å². The van der Waals surface area contributed by atoms with Crippen LogP contribution in [0.4, 0.5) is 10.1 Å². The van der Waals surface area contributed by atoms with E-state index in [2.05, 4.69) is 25.6 Å². The molecule has 4 rings (SSSR count). The minimum atomic E-state index is -0.905. The molecule has 166 valence electrons. The fourth-order valence-electron chi connectivity index (χ4n) is 3.60. The Hall–Kier alpha value is -2.81. The Labute approximate surface area is 193 Å². The van der Waals surface area contributed by atoms with Crippen LogP contribution in [0.25, 0.3) is 0 Å². The van der Waals surface area contributed by atoms with Gasteiger partial charge in [-0.15, -0.1) is 0 Å². The van der Waals surface area contributed by atoms with Gasteiger partial charge in [0.2, 0.25) is 0 Å². The van der Waals surface area contributed by atoms with E-state index in [0.717, 1.165) is 38.2 Å². The maximum Gasteiger partial charge on any atom is 0.272 e. The average Bonchev–Trinajstić information content (AvgIpc) is 3.29. The molecule has 10 heteroatoms. The molecule has 1 aliphatic rings. The van der Waals surface area contributed by atoms with Gasteiger partial charge in [0.25, 0.3) is 5.91 Å². The smallest absolute Gasteiger partial charge is 0.272 e. The number of carbonyl (C=O) groups excluding carboxylic acids is 2. The van der Waals surface area contributed by atoms with Crippen LogP contribution in [0.3, 0.4) is 0 Å². The number of piperidine rings is 1. The first-order chi connectivity index (χ1) is 15.4. The molecule has 1 saturated heterocycles. The molecule has 0 bridgehead atoms. The van der Waals surface area contributed by atoms with Gasteiger partial charge in [-0.3, -0.25) is 9.59 Å². The van der Waals surface area contributed by atoms with E-state index in [1.165, 1.54) is 24.4 Å². The number of hydrogen-bond acceptors (Lipinski definition) is 5. The largest absolute Gasteiger partial charge is 0.356 e. The molecule has 3 aromatic rings. The van der Waals surface area contributed by atoms with E-state index in [0.29, 0.717) is 11.6 Å². The predicted octanol–water partition coefficient (Wildman–Crippen LogP) is 4.28. The fraction of sp³-hybridized carbons (Fsp3) is 0.273. The molecule has 1 aromatic carbocycles. The lowest BCUT2D eigenvalue weighted by molar-refractivity contribution is 0.102. The van der Waals surface area contributed by atoms with Crippen molar-refractivity contribution in [1.29, 1.82) is 0 Å². The number of nitrogens with zero attached hydrogens (tertiary/aromatic N) is 2. The summed E-state index contributed by atoms with van der Waals surface area (Å²) in [5.41, 5.74) is 0.274. The van der Waals surface area contributed by atoms with Crippen molar-refractivity contribution in [2.75, 3.05) is 18.4 Å². The molecule has 0 atom stereocenters. The van der Waals surface area contributed by atoms with Gasteiger partial charge in [-0.05, 0) is 50.0 Å². The highest BCUT2D eigenvalue weighted by Gasteiger charge is 2.22. The summed E-state index contributed by atoms with van der Waals surface area (Å²) in [6, 6.07) is 3.93. The summed E-state index contributed by atoms with van der Waals surface area (Å²) >= 11 is 11.7. The number of aromatic nitrogens is 3. The van der Waals surface area contributed by atoms with E-state index in [1.807, 2.05) is 0 Å². The Morgan fingerprint density at radius 2 is 1.81 bits per heavy atom. The molecule has 0 aliphatic carbocycles. The van der Waals surface area contributed by atoms with Crippen LogP contribution in [0.15, 0.2) is 36.8 Å². The Bertz CT molecular complexity index is 1140. The van der Waals surface area contributed by atoms with Crippen molar-refractivity contribution < 1.29 is 14.0 Å². The summed E-state index contributed by atoms with van der Waals surface area (Å²) in [6.07, 6.45) is 7.42. The van der Waals surface area contributed by atoms with Crippen LogP contribution >= 0.6 is 23.2 Å². The van der Waals surface area contributed by atoms with Gasteiger partial charge in [-0.2, -0.15) is 0 Å². The number of hydrogen-bond donors (Lipinski definition) is 3. The summed E-state index contributed by atoms with van der Waals surface area (Å²) in [4.78, 5) is 36.6. The molecule has 0 radical (unpaired) electrons. The second-order valence-electron chi connectivity index (χ2n) is 7.59. The molecular formula is C22H20Cl2FN5O2. The number of halogens is 3. The molecule has 1 aliphatic heterocycles. The highest BCUT2D eigenvalue weighted by molar-refractivity contribution is 6.37. The minimum absolute atomic E-state index is 0.0640. The molecule has 3 N–H and O–H groups in total. The lowest BCUT2D eigenvalue weighted by Crippen LogP contribution is -2.29. The van der Waals surface area contributed by atoms with E-state index >= 15 is 0 Å². The maximum atomic E-state index is 14.3. The lowest BCUT2D eigenvalue weighted by Gasteiger charge is -2.21. The topological polar surface area (TPSA) is 99.8 Å². The maximum absolute atomic E-state index is 14.3. The summed E-state index contributed by atoms with van der Waals surface area (Å²) in [6.45, 7) is 2.02. The first-order valence-electron chi connectivity index (χ1n) is 10.1. The van der Waals surface area contributed by atoms with Crippen molar-refractivity contribution in [1.82, 2.24) is 20.3 Å². The number of anilines is 1.